The Morgan fingerprint density at radius 1 is 1.29 bits per heavy atom. The van der Waals surface area contributed by atoms with Gasteiger partial charge in [-0.2, -0.15) is 0 Å². The predicted molar refractivity (Wildman–Crippen MR) is 93.3 cm³/mol. The lowest BCUT2D eigenvalue weighted by Gasteiger charge is -2.36. The summed E-state index contributed by atoms with van der Waals surface area (Å²) in [6.45, 7) is 6.25. The molecule has 2 aliphatic heterocycles. The van der Waals surface area contributed by atoms with Gasteiger partial charge in [-0.3, -0.25) is 9.69 Å². The van der Waals surface area contributed by atoms with Crippen LogP contribution in [0.2, 0.25) is 0 Å². The van der Waals surface area contributed by atoms with Gasteiger partial charge in [0.1, 0.15) is 11.9 Å². The Morgan fingerprint density at radius 3 is 2.75 bits per heavy atom. The molecule has 1 aromatic rings. The van der Waals surface area contributed by atoms with Crippen LogP contribution in [-0.4, -0.2) is 61.6 Å². The summed E-state index contributed by atoms with van der Waals surface area (Å²) in [7, 11) is 1.64. The fourth-order valence-electron chi connectivity index (χ4n) is 3.28. The third-order valence-electron chi connectivity index (χ3n) is 4.80. The summed E-state index contributed by atoms with van der Waals surface area (Å²) in [5, 5.41) is 0. The molecule has 0 aromatic heterocycles. The average Bonchev–Trinajstić information content (AvgIpc) is 2.63. The second-order valence-electron chi connectivity index (χ2n) is 6.48. The Balaban J connectivity index is 1.54. The Hall–Kier alpha value is -2.01. The number of aryl methyl sites for hydroxylation is 1. The molecule has 24 heavy (non-hydrogen) atoms. The molecule has 1 amide bonds. The number of ether oxygens (including phenoxy) is 2. The van der Waals surface area contributed by atoms with Crippen LogP contribution < -0.4 is 4.74 Å². The van der Waals surface area contributed by atoms with Gasteiger partial charge >= 0.3 is 0 Å². The molecule has 2 heterocycles. The van der Waals surface area contributed by atoms with E-state index in [4.69, 9.17) is 9.47 Å². The van der Waals surface area contributed by atoms with E-state index in [-0.39, 0.29) is 5.91 Å². The van der Waals surface area contributed by atoms with Gasteiger partial charge in [0.2, 0.25) is 0 Å². The monoisotopic (exact) mass is 330 g/mol. The first kappa shape index (κ1) is 16.8. The number of rotatable bonds is 4. The van der Waals surface area contributed by atoms with E-state index in [1.165, 1.54) is 0 Å². The maximum atomic E-state index is 12.7. The molecule has 0 unspecified atom stereocenters. The van der Waals surface area contributed by atoms with Gasteiger partial charge in [-0.25, -0.2) is 0 Å². The lowest BCUT2D eigenvalue weighted by atomic mass is 10.1. The van der Waals surface area contributed by atoms with Crippen molar-refractivity contribution in [2.24, 2.45) is 0 Å². The summed E-state index contributed by atoms with van der Waals surface area (Å²) in [5.41, 5.74) is 1.74. The summed E-state index contributed by atoms with van der Waals surface area (Å²) in [6.07, 6.45) is 6.36. The summed E-state index contributed by atoms with van der Waals surface area (Å²) >= 11 is 0. The van der Waals surface area contributed by atoms with Crippen LogP contribution in [0.3, 0.4) is 0 Å². The number of benzene rings is 1. The molecule has 1 atom stereocenters. The number of allylic oxidation sites excluding steroid dienone is 1. The highest BCUT2D eigenvalue weighted by molar-refractivity contribution is 5.94. The lowest BCUT2D eigenvalue weighted by Crippen LogP contribution is -2.50. The Bertz CT molecular complexity index is 607. The summed E-state index contributed by atoms with van der Waals surface area (Å²) < 4.78 is 11.0. The molecule has 1 aromatic carbocycles. The standard InChI is InChI=1S/C19H26N2O3/c1-15-6-7-16(13-18(15)23-2)19(22)21-10-8-20(9-11-21)14-17-5-3-4-12-24-17/h4,6-7,12-13,17H,3,5,8-11,14H2,1-2H3/t17-/m0/s1. The predicted octanol–water partition coefficient (Wildman–Crippen LogP) is 2.45. The SMILES string of the molecule is COc1cc(C(=O)N2CCN(C[C@@H]3CCC=CO3)CC2)ccc1C. The van der Waals surface area contributed by atoms with Crippen molar-refractivity contribution in [3.8, 4) is 5.75 Å². The molecule has 0 N–H and O–H groups in total. The number of carbonyl (C=O) groups excluding carboxylic acids is 1. The number of piperazine rings is 1. The van der Waals surface area contributed by atoms with Gasteiger partial charge in [-0.05, 0) is 43.5 Å². The molecule has 0 aliphatic carbocycles. The molecular formula is C19H26N2O3. The van der Waals surface area contributed by atoms with E-state index in [0.717, 1.165) is 56.9 Å². The first-order valence-electron chi connectivity index (χ1n) is 8.64. The molecule has 0 saturated carbocycles. The van der Waals surface area contributed by atoms with Crippen LogP contribution in [0, 0.1) is 6.92 Å². The number of nitrogens with zero attached hydrogens (tertiary/aromatic N) is 2. The minimum atomic E-state index is 0.0878. The Kier molecular flexibility index (Phi) is 5.41. The van der Waals surface area contributed by atoms with Crippen LogP contribution >= 0.6 is 0 Å². The van der Waals surface area contributed by atoms with Crippen LogP contribution in [0.25, 0.3) is 0 Å². The third kappa shape index (κ3) is 3.90. The zero-order valence-electron chi connectivity index (χ0n) is 14.5. The zero-order chi connectivity index (χ0) is 16.9. The van der Waals surface area contributed by atoms with Crippen LogP contribution in [0.1, 0.15) is 28.8 Å². The van der Waals surface area contributed by atoms with Crippen molar-refractivity contribution in [1.29, 1.82) is 0 Å². The van der Waals surface area contributed by atoms with Gasteiger partial charge in [0.25, 0.3) is 5.91 Å². The maximum Gasteiger partial charge on any atom is 0.254 e. The highest BCUT2D eigenvalue weighted by Crippen LogP contribution is 2.21. The summed E-state index contributed by atoms with van der Waals surface area (Å²) in [6, 6.07) is 5.66. The Morgan fingerprint density at radius 2 is 2.08 bits per heavy atom. The molecule has 0 radical (unpaired) electrons. The van der Waals surface area contributed by atoms with Crippen molar-refractivity contribution in [1.82, 2.24) is 9.80 Å². The molecule has 3 rings (SSSR count). The van der Waals surface area contributed by atoms with Crippen molar-refractivity contribution >= 4 is 5.91 Å². The smallest absolute Gasteiger partial charge is 0.254 e. The number of amides is 1. The van der Waals surface area contributed by atoms with Crippen molar-refractivity contribution < 1.29 is 14.3 Å². The normalized spacial score (nSPS) is 21.4. The largest absolute Gasteiger partial charge is 0.497 e. The summed E-state index contributed by atoms with van der Waals surface area (Å²) in [5.74, 6) is 0.854. The van der Waals surface area contributed by atoms with Gasteiger partial charge < -0.3 is 14.4 Å². The van der Waals surface area contributed by atoms with Crippen LogP contribution in [-0.2, 0) is 4.74 Å². The van der Waals surface area contributed by atoms with Crippen LogP contribution in [0.15, 0.2) is 30.5 Å². The fourth-order valence-corrected chi connectivity index (χ4v) is 3.28. The molecule has 1 fully saturated rings. The molecule has 130 valence electrons. The molecule has 0 spiro atoms. The van der Waals surface area contributed by atoms with Gasteiger partial charge in [0.15, 0.2) is 0 Å². The lowest BCUT2D eigenvalue weighted by molar-refractivity contribution is 0.0444. The second kappa shape index (κ2) is 7.71. The fraction of sp³-hybridized carbons (Fsp3) is 0.526. The molecule has 5 heteroatoms. The molecular weight excluding hydrogens is 304 g/mol. The van der Waals surface area contributed by atoms with Crippen molar-refractivity contribution in [2.45, 2.75) is 25.9 Å². The van der Waals surface area contributed by atoms with Gasteiger partial charge in [0, 0.05) is 38.3 Å². The van der Waals surface area contributed by atoms with E-state index in [2.05, 4.69) is 11.0 Å². The molecule has 5 nitrogen and oxygen atoms in total. The van der Waals surface area contributed by atoms with Crippen molar-refractivity contribution in [3.63, 3.8) is 0 Å². The zero-order valence-corrected chi connectivity index (χ0v) is 14.5. The quantitative estimate of drug-likeness (QED) is 0.850. The first-order chi connectivity index (χ1) is 11.7. The van der Waals surface area contributed by atoms with E-state index in [9.17, 15) is 4.79 Å². The third-order valence-corrected chi connectivity index (χ3v) is 4.80. The minimum absolute atomic E-state index is 0.0878. The topological polar surface area (TPSA) is 42.0 Å². The highest BCUT2D eigenvalue weighted by Gasteiger charge is 2.24. The average molecular weight is 330 g/mol. The number of carbonyl (C=O) groups is 1. The van der Waals surface area contributed by atoms with E-state index < -0.39 is 0 Å². The van der Waals surface area contributed by atoms with E-state index in [1.54, 1.807) is 7.11 Å². The van der Waals surface area contributed by atoms with Crippen molar-refractivity contribution in [2.75, 3.05) is 39.8 Å². The van der Waals surface area contributed by atoms with Crippen LogP contribution in [0.4, 0.5) is 0 Å². The van der Waals surface area contributed by atoms with E-state index in [1.807, 2.05) is 36.3 Å². The maximum absolute atomic E-state index is 12.7. The van der Waals surface area contributed by atoms with Gasteiger partial charge in [-0.1, -0.05) is 6.07 Å². The van der Waals surface area contributed by atoms with Crippen molar-refractivity contribution in [3.05, 3.63) is 41.7 Å². The number of hydrogen-bond acceptors (Lipinski definition) is 4. The van der Waals surface area contributed by atoms with Crippen LogP contribution in [0.5, 0.6) is 5.75 Å². The van der Waals surface area contributed by atoms with Gasteiger partial charge in [0.05, 0.1) is 13.4 Å². The van der Waals surface area contributed by atoms with Gasteiger partial charge in [-0.15, -0.1) is 0 Å². The second-order valence-corrected chi connectivity index (χ2v) is 6.48. The van der Waals surface area contributed by atoms with E-state index in [0.29, 0.717) is 11.7 Å². The summed E-state index contributed by atoms with van der Waals surface area (Å²) in [4.78, 5) is 17.0. The Labute approximate surface area is 143 Å². The molecule has 2 aliphatic rings. The number of hydrogen-bond donors (Lipinski definition) is 0. The highest BCUT2D eigenvalue weighted by atomic mass is 16.5. The van der Waals surface area contributed by atoms with E-state index >= 15 is 0 Å². The molecule has 1 saturated heterocycles. The first-order valence-corrected chi connectivity index (χ1v) is 8.64. The minimum Gasteiger partial charge on any atom is -0.497 e. The molecule has 0 bridgehead atoms. The number of methoxy groups -OCH3 is 1.